The molecule has 0 radical (unpaired) electrons. The van der Waals surface area contributed by atoms with Crippen LogP contribution in [-0.4, -0.2) is 16.5 Å². The molecule has 1 aliphatic carbocycles. The molecule has 0 bridgehead atoms. The van der Waals surface area contributed by atoms with Gasteiger partial charge in [-0.3, -0.25) is 4.79 Å². The van der Waals surface area contributed by atoms with Crippen LogP contribution < -0.4 is 5.32 Å². The molecule has 0 aromatic carbocycles. The third-order valence-corrected chi connectivity index (χ3v) is 3.17. The van der Waals surface area contributed by atoms with Crippen molar-refractivity contribution in [2.24, 2.45) is 0 Å². The summed E-state index contributed by atoms with van der Waals surface area (Å²) in [5, 5.41) is 3.00. The standard InChI is InChI=1S/C12H18N2O/c1-8-6-14(10(3)9(8)2)7-12(15)13-11-4-5-11/h6,11H,4-5,7H2,1-3H3,(H,13,15). The van der Waals surface area contributed by atoms with E-state index in [0.29, 0.717) is 12.6 Å². The highest BCUT2D eigenvalue weighted by Gasteiger charge is 2.23. The van der Waals surface area contributed by atoms with E-state index >= 15 is 0 Å². The van der Waals surface area contributed by atoms with Crippen LogP contribution >= 0.6 is 0 Å². The summed E-state index contributed by atoms with van der Waals surface area (Å²) in [7, 11) is 0. The van der Waals surface area contributed by atoms with E-state index in [2.05, 4.69) is 32.3 Å². The summed E-state index contributed by atoms with van der Waals surface area (Å²) >= 11 is 0. The lowest BCUT2D eigenvalue weighted by Gasteiger charge is -2.06. The second kappa shape index (κ2) is 3.72. The molecule has 0 atom stereocenters. The van der Waals surface area contributed by atoms with E-state index in [0.717, 1.165) is 12.8 Å². The number of rotatable bonds is 3. The first-order valence-corrected chi connectivity index (χ1v) is 5.50. The van der Waals surface area contributed by atoms with Crippen LogP contribution in [0.3, 0.4) is 0 Å². The molecular formula is C12H18N2O. The molecule has 1 aromatic rings. The maximum atomic E-state index is 11.6. The van der Waals surface area contributed by atoms with Crippen molar-refractivity contribution in [3.8, 4) is 0 Å². The average Bonchev–Trinajstić information content (AvgIpc) is 2.94. The molecule has 1 aliphatic rings. The predicted molar refractivity (Wildman–Crippen MR) is 59.8 cm³/mol. The summed E-state index contributed by atoms with van der Waals surface area (Å²) in [6.45, 7) is 6.70. The van der Waals surface area contributed by atoms with E-state index in [1.54, 1.807) is 0 Å². The topological polar surface area (TPSA) is 34.0 Å². The first-order chi connectivity index (χ1) is 7.08. The highest BCUT2D eigenvalue weighted by molar-refractivity contribution is 5.76. The van der Waals surface area contributed by atoms with Gasteiger partial charge in [-0.2, -0.15) is 0 Å². The Morgan fingerprint density at radius 1 is 1.47 bits per heavy atom. The Bertz CT molecular complexity index is 389. The van der Waals surface area contributed by atoms with E-state index in [4.69, 9.17) is 0 Å². The lowest BCUT2D eigenvalue weighted by molar-refractivity contribution is -0.121. The van der Waals surface area contributed by atoms with Crippen LogP contribution in [0, 0.1) is 20.8 Å². The van der Waals surface area contributed by atoms with Gasteiger partial charge < -0.3 is 9.88 Å². The van der Waals surface area contributed by atoms with Crippen LogP contribution in [0.15, 0.2) is 6.20 Å². The Balaban J connectivity index is 2.02. The molecule has 82 valence electrons. The molecule has 1 aromatic heterocycles. The molecule has 0 spiro atoms. The van der Waals surface area contributed by atoms with Crippen LogP contribution in [-0.2, 0) is 11.3 Å². The zero-order valence-corrected chi connectivity index (χ0v) is 9.63. The molecule has 3 heteroatoms. The summed E-state index contributed by atoms with van der Waals surface area (Å²) in [5.41, 5.74) is 3.74. The first-order valence-electron chi connectivity index (χ1n) is 5.50. The molecule has 1 saturated carbocycles. The van der Waals surface area contributed by atoms with Crippen molar-refractivity contribution in [2.75, 3.05) is 0 Å². The maximum Gasteiger partial charge on any atom is 0.240 e. The molecule has 0 aliphatic heterocycles. The largest absolute Gasteiger partial charge is 0.352 e. The van der Waals surface area contributed by atoms with Crippen molar-refractivity contribution in [1.82, 2.24) is 9.88 Å². The summed E-state index contributed by atoms with van der Waals surface area (Å²) < 4.78 is 2.03. The molecule has 0 unspecified atom stereocenters. The average molecular weight is 206 g/mol. The number of nitrogens with one attached hydrogen (secondary N) is 1. The Kier molecular flexibility index (Phi) is 2.55. The van der Waals surface area contributed by atoms with Gasteiger partial charge >= 0.3 is 0 Å². The molecule has 1 heterocycles. The van der Waals surface area contributed by atoms with Gasteiger partial charge in [0.25, 0.3) is 0 Å². The van der Waals surface area contributed by atoms with Gasteiger partial charge in [0.2, 0.25) is 5.91 Å². The second-order valence-corrected chi connectivity index (χ2v) is 4.49. The molecule has 0 saturated heterocycles. The monoisotopic (exact) mass is 206 g/mol. The van der Waals surface area contributed by atoms with Crippen LogP contribution in [0.4, 0.5) is 0 Å². The second-order valence-electron chi connectivity index (χ2n) is 4.49. The van der Waals surface area contributed by atoms with Gasteiger partial charge in [0, 0.05) is 17.9 Å². The van der Waals surface area contributed by atoms with Crippen LogP contribution in [0.1, 0.15) is 29.7 Å². The Morgan fingerprint density at radius 2 is 2.13 bits per heavy atom. The van der Waals surface area contributed by atoms with Gasteiger partial charge in [-0.1, -0.05) is 0 Å². The first kappa shape index (κ1) is 10.3. The van der Waals surface area contributed by atoms with Crippen molar-refractivity contribution in [3.05, 3.63) is 23.0 Å². The van der Waals surface area contributed by atoms with Crippen molar-refractivity contribution >= 4 is 5.91 Å². The normalized spacial score (nSPS) is 15.4. The number of amides is 1. The minimum Gasteiger partial charge on any atom is -0.352 e. The summed E-state index contributed by atoms with van der Waals surface area (Å²) in [6.07, 6.45) is 4.35. The van der Waals surface area contributed by atoms with E-state index in [1.807, 2.05) is 4.57 Å². The van der Waals surface area contributed by atoms with Gasteiger partial charge in [-0.05, 0) is 44.7 Å². The van der Waals surface area contributed by atoms with Crippen LogP contribution in [0.5, 0.6) is 0 Å². The zero-order chi connectivity index (χ0) is 11.0. The van der Waals surface area contributed by atoms with Crippen LogP contribution in [0.2, 0.25) is 0 Å². The molecule has 15 heavy (non-hydrogen) atoms. The fourth-order valence-electron chi connectivity index (χ4n) is 1.75. The fraction of sp³-hybridized carbons (Fsp3) is 0.583. The third kappa shape index (κ3) is 2.22. The van der Waals surface area contributed by atoms with Gasteiger partial charge in [0.1, 0.15) is 6.54 Å². The number of hydrogen-bond acceptors (Lipinski definition) is 1. The predicted octanol–water partition coefficient (Wildman–Crippen LogP) is 1.69. The minimum atomic E-state index is 0.135. The number of carbonyl (C=O) groups is 1. The number of nitrogens with zero attached hydrogens (tertiary/aromatic N) is 1. The number of aromatic nitrogens is 1. The van der Waals surface area contributed by atoms with Crippen molar-refractivity contribution in [2.45, 2.75) is 46.2 Å². The highest BCUT2D eigenvalue weighted by Crippen LogP contribution is 2.19. The molecule has 1 N–H and O–H groups in total. The zero-order valence-electron chi connectivity index (χ0n) is 9.63. The number of carbonyl (C=O) groups excluding carboxylic acids is 1. The molecule has 2 rings (SSSR count). The lowest BCUT2D eigenvalue weighted by atomic mass is 10.2. The van der Waals surface area contributed by atoms with E-state index in [-0.39, 0.29) is 5.91 Å². The van der Waals surface area contributed by atoms with Crippen LogP contribution in [0.25, 0.3) is 0 Å². The Morgan fingerprint density at radius 3 is 2.60 bits per heavy atom. The quantitative estimate of drug-likeness (QED) is 0.802. The van der Waals surface area contributed by atoms with E-state index in [1.165, 1.54) is 16.8 Å². The van der Waals surface area contributed by atoms with E-state index in [9.17, 15) is 4.79 Å². The smallest absolute Gasteiger partial charge is 0.240 e. The van der Waals surface area contributed by atoms with Gasteiger partial charge in [0.15, 0.2) is 0 Å². The number of aryl methyl sites for hydroxylation is 1. The van der Waals surface area contributed by atoms with Crippen molar-refractivity contribution < 1.29 is 4.79 Å². The fourth-order valence-corrected chi connectivity index (χ4v) is 1.75. The van der Waals surface area contributed by atoms with Crippen molar-refractivity contribution in [1.29, 1.82) is 0 Å². The van der Waals surface area contributed by atoms with Gasteiger partial charge in [-0.15, -0.1) is 0 Å². The summed E-state index contributed by atoms with van der Waals surface area (Å²) in [4.78, 5) is 11.6. The molecular weight excluding hydrogens is 188 g/mol. The Labute approximate surface area is 90.5 Å². The minimum absolute atomic E-state index is 0.135. The van der Waals surface area contributed by atoms with Crippen molar-refractivity contribution in [3.63, 3.8) is 0 Å². The van der Waals surface area contributed by atoms with E-state index < -0.39 is 0 Å². The highest BCUT2D eigenvalue weighted by atomic mass is 16.2. The van der Waals surface area contributed by atoms with Gasteiger partial charge in [0.05, 0.1) is 0 Å². The molecule has 3 nitrogen and oxygen atoms in total. The van der Waals surface area contributed by atoms with Gasteiger partial charge in [-0.25, -0.2) is 0 Å². The third-order valence-electron chi connectivity index (χ3n) is 3.17. The number of hydrogen-bond donors (Lipinski definition) is 1. The summed E-state index contributed by atoms with van der Waals surface area (Å²) in [5.74, 6) is 0.135. The Hall–Kier alpha value is -1.25. The SMILES string of the molecule is Cc1cn(CC(=O)NC2CC2)c(C)c1C. The molecule has 1 amide bonds. The molecule has 1 fully saturated rings. The maximum absolute atomic E-state index is 11.6. The summed E-state index contributed by atoms with van der Waals surface area (Å²) in [6, 6.07) is 0.454. The lowest BCUT2D eigenvalue weighted by Crippen LogP contribution is -2.29.